The standard InChI is InChI=1S/C12H17N3O3S/c1-12(9-3-2-8-19-9)10(16)15(11(17)14-12)5-7-18-6-4-13/h2-3,8H,4-7,13H2,1H3,(H,14,17). The Morgan fingerprint density at radius 3 is 2.89 bits per heavy atom. The lowest BCUT2D eigenvalue weighted by molar-refractivity contribution is -0.131. The largest absolute Gasteiger partial charge is 0.378 e. The first kappa shape index (κ1) is 14.0. The molecule has 0 radical (unpaired) electrons. The Morgan fingerprint density at radius 1 is 1.47 bits per heavy atom. The lowest BCUT2D eigenvalue weighted by atomic mass is 10.0. The number of carbonyl (C=O) groups excluding carboxylic acids is 2. The minimum Gasteiger partial charge on any atom is -0.378 e. The van der Waals surface area contributed by atoms with Crippen LogP contribution in [0.1, 0.15) is 11.8 Å². The number of nitrogens with zero attached hydrogens (tertiary/aromatic N) is 1. The number of nitrogens with one attached hydrogen (secondary N) is 1. The predicted octanol–water partition coefficient (Wildman–Crippen LogP) is 0.490. The molecule has 1 atom stereocenters. The van der Waals surface area contributed by atoms with Gasteiger partial charge in [0.15, 0.2) is 5.54 Å². The lowest BCUT2D eigenvalue weighted by Crippen LogP contribution is -2.40. The zero-order chi connectivity index (χ0) is 13.9. The fourth-order valence-corrected chi connectivity index (χ4v) is 2.81. The first-order chi connectivity index (χ1) is 9.09. The Labute approximate surface area is 115 Å². The van der Waals surface area contributed by atoms with E-state index in [2.05, 4.69) is 5.32 Å². The molecule has 2 heterocycles. The number of thiophene rings is 1. The van der Waals surface area contributed by atoms with Crippen molar-refractivity contribution in [2.45, 2.75) is 12.5 Å². The van der Waals surface area contributed by atoms with E-state index in [9.17, 15) is 9.59 Å². The summed E-state index contributed by atoms with van der Waals surface area (Å²) in [7, 11) is 0. The molecule has 0 aliphatic carbocycles. The minimum absolute atomic E-state index is 0.240. The van der Waals surface area contributed by atoms with Gasteiger partial charge in [0.1, 0.15) is 0 Å². The van der Waals surface area contributed by atoms with Gasteiger partial charge < -0.3 is 15.8 Å². The molecular weight excluding hydrogens is 266 g/mol. The first-order valence-corrected chi connectivity index (χ1v) is 6.93. The highest BCUT2D eigenvalue weighted by Gasteiger charge is 2.49. The zero-order valence-corrected chi connectivity index (χ0v) is 11.5. The van der Waals surface area contributed by atoms with Crippen molar-refractivity contribution >= 4 is 23.3 Å². The summed E-state index contributed by atoms with van der Waals surface area (Å²) in [5.41, 5.74) is 4.34. The third-order valence-corrected chi connectivity index (χ3v) is 4.10. The van der Waals surface area contributed by atoms with E-state index in [1.165, 1.54) is 16.2 Å². The molecule has 1 unspecified atom stereocenters. The average molecular weight is 283 g/mol. The van der Waals surface area contributed by atoms with Gasteiger partial charge in [-0.05, 0) is 18.4 Å². The quantitative estimate of drug-likeness (QED) is 0.588. The van der Waals surface area contributed by atoms with Crippen LogP contribution in [0.25, 0.3) is 0 Å². The van der Waals surface area contributed by atoms with Gasteiger partial charge in [-0.3, -0.25) is 9.69 Å². The molecule has 7 heteroatoms. The molecule has 0 spiro atoms. The lowest BCUT2D eigenvalue weighted by Gasteiger charge is -2.20. The molecule has 1 aromatic heterocycles. The molecule has 1 aliphatic rings. The second kappa shape index (κ2) is 5.68. The zero-order valence-electron chi connectivity index (χ0n) is 10.7. The monoisotopic (exact) mass is 283 g/mol. The second-order valence-electron chi connectivity index (χ2n) is 4.39. The van der Waals surface area contributed by atoms with E-state index in [0.717, 1.165) is 4.88 Å². The molecule has 3 N–H and O–H groups in total. The van der Waals surface area contributed by atoms with Crippen molar-refractivity contribution in [3.05, 3.63) is 22.4 Å². The van der Waals surface area contributed by atoms with Crippen LogP contribution in [0.5, 0.6) is 0 Å². The normalized spacial score (nSPS) is 22.9. The molecule has 1 saturated heterocycles. The van der Waals surface area contributed by atoms with Crippen LogP contribution in [-0.2, 0) is 15.1 Å². The van der Waals surface area contributed by atoms with E-state index in [1.54, 1.807) is 6.92 Å². The second-order valence-corrected chi connectivity index (χ2v) is 5.34. The predicted molar refractivity (Wildman–Crippen MR) is 71.8 cm³/mol. The fourth-order valence-electron chi connectivity index (χ4n) is 1.97. The number of urea groups is 1. The van der Waals surface area contributed by atoms with E-state index >= 15 is 0 Å². The van der Waals surface area contributed by atoms with Gasteiger partial charge in [-0.1, -0.05) is 6.07 Å². The molecule has 1 aliphatic heterocycles. The van der Waals surface area contributed by atoms with Gasteiger partial charge in [0, 0.05) is 11.4 Å². The number of nitrogens with two attached hydrogens (primary N) is 1. The number of hydrogen-bond donors (Lipinski definition) is 2. The topological polar surface area (TPSA) is 84.7 Å². The van der Waals surface area contributed by atoms with Gasteiger partial charge >= 0.3 is 6.03 Å². The Hall–Kier alpha value is -1.44. The smallest absolute Gasteiger partial charge is 0.325 e. The number of hydrogen-bond acceptors (Lipinski definition) is 5. The van der Waals surface area contributed by atoms with Crippen molar-refractivity contribution in [1.82, 2.24) is 10.2 Å². The minimum atomic E-state index is -0.959. The third-order valence-electron chi connectivity index (χ3n) is 3.01. The number of carbonyl (C=O) groups is 2. The van der Waals surface area contributed by atoms with Crippen LogP contribution in [0.4, 0.5) is 4.79 Å². The Bertz CT molecular complexity index is 463. The van der Waals surface area contributed by atoms with E-state index in [-0.39, 0.29) is 18.5 Å². The summed E-state index contributed by atoms with van der Waals surface area (Å²) in [6.45, 7) is 3.11. The molecule has 2 rings (SSSR count). The van der Waals surface area contributed by atoms with Crippen molar-refractivity contribution < 1.29 is 14.3 Å². The van der Waals surface area contributed by atoms with E-state index < -0.39 is 5.54 Å². The molecule has 0 aromatic carbocycles. The van der Waals surface area contributed by atoms with E-state index in [0.29, 0.717) is 19.8 Å². The van der Waals surface area contributed by atoms with Crippen molar-refractivity contribution in [3.63, 3.8) is 0 Å². The molecular formula is C12H17N3O3S. The summed E-state index contributed by atoms with van der Waals surface area (Å²) in [5, 5.41) is 4.62. The molecule has 19 heavy (non-hydrogen) atoms. The Balaban J connectivity index is 2.04. The molecule has 0 bridgehead atoms. The van der Waals surface area contributed by atoms with Crippen molar-refractivity contribution in [2.75, 3.05) is 26.3 Å². The maximum absolute atomic E-state index is 12.4. The first-order valence-electron chi connectivity index (χ1n) is 6.05. The molecule has 1 fully saturated rings. The van der Waals surface area contributed by atoms with Gasteiger partial charge in [0.2, 0.25) is 0 Å². The van der Waals surface area contributed by atoms with E-state index in [4.69, 9.17) is 10.5 Å². The summed E-state index contributed by atoms with van der Waals surface area (Å²) in [4.78, 5) is 26.3. The Morgan fingerprint density at radius 2 is 2.26 bits per heavy atom. The van der Waals surface area contributed by atoms with Crippen LogP contribution < -0.4 is 11.1 Å². The summed E-state index contributed by atoms with van der Waals surface area (Å²) < 4.78 is 5.20. The van der Waals surface area contributed by atoms with Crippen LogP contribution in [-0.4, -0.2) is 43.1 Å². The molecule has 1 aromatic rings. The SMILES string of the molecule is CC1(c2cccs2)NC(=O)N(CCOCCN)C1=O. The highest BCUT2D eigenvalue weighted by molar-refractivity contribution is 7.10. The highest BCUT2D eigenvalue weighted by Crippen LogP contribution is 2.31. The van der Waals surface area contributed by atoms with Crippen LogP contribution in [0.3, 0.4) is 0 Å². The van der Waals surface area contributed by atoms with Gasteiger partial charge in [-0.2, -0.15) is 0 Å². The van der Waals surface area contributed by atoms with Gasteiger partial charge in [0.05, 0.1) is 19.8 Å². The van der Waals surface area contributed by atoms with E-state index in [1.807, 2.05) is 17.5 Å². The molecule has 0 saturated carbocycles. The van der Waals surface area contributed by atoms with Crippen molar-refractivity contribution in [2.24, 2.45) is 5.73 Å². The van der Waals surface area contributed by atoms with Gasteiger partial charge in [0.25, 0.3) is 5.91 Å². The van der Waals surface area contributed by atoms with Crippen molar-refractivity contribution in [1.29, 1.82) is 0 Å². The number of ether oxygens (including phenoxy) is 1. The third kappa shape index (κ3) is 2.63. The van der Waals surface area contributed by atoms with Crippen LogP contribution in [0.15, 0.2) is 17.5 Å². The van der Waals surface area contributed by atoms with Crippen LogP contribution in [0, 0.1) is 0 Å². The molecule has 3 amide bonds. The maximum Gasteiger partial charge on any atom is 0.325 e. The Kier molecular flexibility index (Phi) is 4.18. The maximum atomic E-state index is 12.4. The highest BCUT2D eigenvalue weighted by atomic mass is 32.1. The van der Waals surface area contributed by atoms with Crippen LogP contribution >= 0.6 is 11.3 Å². The molecule has 6 nitrogen and oxygen atoms in total. The van der Waals surface area contributed by atoms with Crippen molar-refractivity contribution in [3.8, 4) is 0 Å². The summed E-state index contributed by atoms with van der Waals surface area (Å²) in [5.74, 6) is -0.240. The molecule has 104 valence electrons. The van der Waals surface area contributed by atoms with Gasteiger partial charge in [-0.15, -0.1) is 11.3 Å². The van der Waals surface area contributed by atoms with Gasteiger partial charge in [-0.25, -0.2) is 4.79 Å². The fraction of sp³-hybridized carbons (Fsp3) is 0.500. The summed E-state index contributed by atoms with van der Waals surface area (Å²) in [6.07, 6.45) is 0. The average Bonchev–Trinajstić information content (AvgIpc) is 2.97. The summed E-state index contributed by atoms with van der Waals surface area (Å²) >= 11 is 1.45. The summed E-state index contributed by atoms with van der Waals surface area (Å²) in [6, 6.07) is 3.33. The number of imide groups is 1. The number of amides is 3. The number of rotatable bonds is 6. The van der Waals surface area contributed by atoms with Crippen LogP contribution in [0.2, 0.25) is 0 Å².